The van der Waals surface area contributed by atoms with Crippen LogP contribution in [0.25, 0.3) is 10.9 Å². The number of para-hydroxylation sites is 1. The van der Waals surface area contributed by atoms with Crippen molar-refractivity contribution in [1.82, 2.24) is 9.55 Å². The molecule has 0 aliphatic heterocycles. The van der Waals surface area contributed by atoms with Crippen molar-refractivity contribution in [3.8, 4) is 0 Å². The summed E-state index contributed by atoms with van der Waals surface area (Å²) in [5.41, 5.74) is 2.49. The highest BCUT2D eigenvalue weighted by molar-refractivity contribution is 8.00. The van der Waals surface area contributed by atoms with Gasteiger partial charge in [-0.1, -0.05) is 48.5 Å². The smallest absolute Gasteiger partial charge is 0.262 e. The highest BCUT2D eigenvalue weighted by Crippen LogP contribution is 2.26. The normalized spacial score (nSPS) is 12.1. The Morgan fingerprint density at radius 3 is 2.52 bits per heavy atom. The van der Waals surface area contributed by atoms with Crippen molar-refractivity contribution in [2.24, 2.45) is 0 Å². The molecule has 1 amide bonds. The van der Waals surface area contributed by atoms with Crippen LogP contribution in [-0.2, 0) is 11.3 Å². The molecule has 0 fully saturated rings. The Kier molecular flexibility index (Phi) is 5.96. The van der Waals surface area contributed by atoms with Crippen LogP contribution in [0.1, 0.15) is 25.8 Å². The third-order valence-electron chi connectivity index (χ3n) is 4.37. The number of aryl methyl sites for hydroxylation is 1. The largest absolute Gasteiger partial charge is 0.325 e. The van der Waals surface area contributed by atoms with Gasteiger partial charge in [-0.05, 0) is 44.5 Å². The second-order valence-corrected chi connectivity index (χ2v) is 7.50. The van der Waals surface area contributed by atoms with Crippen LogP contribution in [0.15, 0.2) is 58.5 Å². The molecule has 1 N–H and O–H groups in total. The molecule has 0 saturated carbocycles. The average Bonchev–Trinajstić information content (AvgIpc) is 2.68. The van der Waals surface area contributed by atoms with E-state index in [0.717, 1.165) is 11.3 Å². The zero-order valence-corrected chi connectivity index (χ0v) is 16.5. The number of thioether (sulfide) groups is 1. The summed E-state index contributed by atoms with van der Waals surface area (Å²) in [5.74, 6) is -0.0867. The lowest BCUT2D eigenvalue weighted by Gasteiger charge is -2.17. The van der Waals surface area contributed by atoms with Crippen molar-refractivity contribution >= 4 is 34.3 Å². The number of aromatic nitrogens is 2. The summed E-state index contributed by atoms with van der Waals surface area (Å²) < 4.78 is 1.63. The Bertz CT molecular complexity index is 1010. The van der Waals surface area contributed by atoms with Crippen molar-refractivity contribution in [3.05, 3.63) is 64.4 Å². The first-order valence-electron chi connectivity index (χ1n) is 9.07. The second-order valence-electron chi connectivity index (χ2n) is 6.33. The zero-order chi connectivity index (χ0) is 19.4. The number of nitrogens with one attached hydrogen (secondary N) is 1. The summed E-state index contributed by atoms with van der Waals surface area (Å²) in [5, 5.41) is 3.79. The van der Waals surface area contributed by atoms with Gasteiger partial charge in [-0.15, -0.1) is 0 Å². The highest BCUT2D eigenvalue weighted by Gasteiger charge is 2.21. The molecule has 3 aromatic rings. The molecule has 1 aromatic heterocycles. The predicted molar refractivity (Wildman–Crippen MR) is 111 cm³/mol. The lowest BCUT2D eigenvalue weighted by molar-refractivity contribution is -0.115. The average molecular weight is 382 g/mol. The molecular weight excluding hydrogens is 358 g/mol. The molecule has 1 unspecified atom stereocenters. The van der Waals surface area contributed by atoms with E-state index in [-0.39, 0.29) is 16.7 Å². The molecule has 1 atom stereocenters. The van der Waals surface area contributed by atoms with E-state index in [2.05, 4.69) is 10.3 Å². The number of amides is 1. The van der Waals surface area contributed by atoms with E-state index in [1.165, 1.54) is 11.8 Å². The number of hydrogen-bond donors (Lipinski definition) is 1. The van der Waals surface area contributed by atoms with Crippen molar-refractivity contribution in [2.45, 2.75) is 44.1 Å². The minimum Gasteiger partial charge on any atom is -0.325 e. The molecule has 5 nitrogen and oxygen atoms in total. The van der Waals surface area contributed by atoms with E-state index in [9.17, 15) is 9.59 Å². The molecule has 140 valence electrons. The third-order valence-corrected chi connectivity index (χ3v) is 5.73. The van der Waals surface area contributed by atoms with E-state index in [0.29, 0.717) is 29.0 Å². The maximum absolute atomic E-state index is 12.8. The summed E-state index contributed by atoms with van der Waals surface area (Å²) in [6.45, 7) is 6.39. The highest BCUT2D eigenvalue weighted by atomic mass is 32.2. The Labute approximate surface area is 162 Å². The van der Waals surface area contributed by atoms with Crippen LogP contribution in [0.2, 0.25) is 0 Å². The Hall–Kier alpha value is -2.60. The quantitative estimate of drug-likeness (QED) is 0.512. The van der Waals surface area contributed by atoms with E-state index >= 15 is 0 Å². The van der Waals surface area contributed by atoms with Crippen LogP contribution in [-0.4, -0.2) is 20.7 Å². The molecule has 2 aromatic carbocycles. The summed E-state index contributed by atoms with van der Waals surface area (Å²) in [7, 11) is 0. The number of benzene rings is 2. The number of carbonyl (C=O) groups excluding carboxylic acids is 1. The topological polar surface area (TPSA) is 64.0 Å². The van der Waals surface area contributed by atoms with Crippen LogP contribution < -0.4 is 10.9 Å². The Morgan fingerprint density at radius 1 is 1.15 bits per heavy atom. The first-order valence-corrected chi connectivity index (χ1v) is 9.95. The van der Waals surface area contributed by atoms with Gasteiger partial charge in [0.2, 0.25) is 5.91 Å². The standard InChI is InChI=1S/C21H23N3O2S/c1-4-18(19(25)22-15-12-10-14(3)11-13-15)27-21-23-17-9-7-6-8-16(17)20(26)24(21)5-2/h6-13,18H,4-5H2,1-3H3,(H,22,25). The third kappa shape index (κ3) is 4.22. The van der Waals surface area contributed by atoms with E-state index < -0.39 is 0 Å². The molecule has 6 heteroatoms. The monoisotopic (exact) mass is 381 g/mol. The molecular formula is C21H23N3O2S. The van der Waals surface area contributed by atoms with Crippen LogP contribution in [0, 0.1) is 6.92 Å². The fourth-order valence-corrected chi connectivity index (χ4v) is 3.90. The first kappa shape index (κ1) is 19.2. The van der Waals surface area contributed by atoms with Gasteiger partial charge in [0.1, 0.15) is 0 Å². The first-order chi connectivity index (χ1) is 13.0. The van der Waals surface area contributed by atoms with Gasteiger partial charge in [-0.2, -0.15) is 0 Å². The van der Waals surface area contributed by atoms with Gasteiger partial charge >= 0.3 is 0 Å². The van der Waals surface area contributed by atoms with Crippen molar-refractivity contribution in [3.63, 3.8) is 0 Å². The second kappa shape index (κ2) is 8.39. The summed E-state index contributed by atoms with van der Waals surface area (Å²) >= 11 is 1.34. The molecule has 3 rings (SSSR count). The maximum atomic E-state index is 12.8. The molecule has 0 saturated heterocycles. The summed E-state index contributed by atoms with van der Waals surface area (Å²) in [6, 6.07) is 15.0. The van der Waals surface area contributed by atoms with Gasteiger partial charge in [0.15, 0.2) is 5.16 Å². The number of hydrogen-bond acceptors (Lipinski definition) is 4. The Morgan fingerprint density at radius 2 is 1.85 bits per heavy atom. The molecule has 27 heavy (non-hydrogen) atoms. The van der Waals surface area contributed by atoms with Gasteiger partial charge in [0, 0.05) is 12.2 Å². The van der Waals surface area contributed by atoms with Gasteiger partial charge in [-0.3, -0.25) is 14.2 Å². The lowest BCUT2D eigenvalue weighted by Crippen LogP contribution is -2.28. The van der Waals surface area contributed by atoms with E-state index in [1.54, 1.807) is 10.6 Å². The van der Waals surface area contributed by atoms with Gasteiger partial charge in [0.05, 0.1) is 16.2 Å². The van der Waals surface area contributed by atoms with Gasteiger partial charge in [-0.25, -0.2) is 4.98 Å². The fraction of sp³-hybridized carbons (Fsp3) is 0.286. The number of anilines is 1. The molecule has 1 heterocycles. The minimum atomic E-state index is -0.336. The summed E-state index contributed by atoms with van der Waals surface area (Å²) in [4.78, 5) is 30.1. The van der Waals surface area contributed by atoms with E-state index in [4.69, 9.17) is 0 Å². The van der Waals surface area contributed by atoms with Crippen LogP contribution in [0.4, 0.5) is 5.69 Å². The SMILES string of the molecule is CCC(Sc1nc2ccccc2c(=O)n1CC)C(=O)Nc1ccc(C)cc1. The van der Waals surface area contributed by atoms with Gasteiger partial charge in [0.25, 0.3) is 5.56 Å². The molecule has 0 bridgehead atoms. The molecule has 0 aliphatic rings. The number of rotatable bonds is 6. The maximum Gasteiger partial charge on any atom is 0.262 e. The molecule has 0 aliphatic carbocycles. The number of carbonyl (C=O) groups is 1. The fourth-order valence-electron chi connectivity index (χ4n) is 2.83. The van der Waals surface area contributed by atoms with Gasteiger partial charge < -0.3 is 5.32 Å². The molecule has 0 radical (unpaired) electrons. The van der Waals surface area contributed by atoms with Crippen LogP contribution >= 0.6 is 11.8 Å². The van der Waals surface area contributed by atoms with Crippen LogP contribution in [0.3, 0.4) is 0 Å². The predicted octanol–water partition coefficient (Wildman–Crippen LogP) is 4.23. The summed E-state index contributed by atoms with van der Waals surface area (Å²) in [6.07, 6.45) is 0.634. The van der Waals surface area contributed by atoms with Crippen LogP contribution in [0.5, 0.6) is 0 Å². The Balaban J connectivity index is 1.88. The number of fused-ring (bicyclic) bond motifs is 1. The van der Waals surface area contributed by atoms with Crippen molar-refractivity contribution in [1.29, 1.82) is 0 Å². The zero-order valence-electron chi connectivity index (χ0n) is 15.7. The van der Waals surface area contributed by atoms with Crippen molar-refractivity contribution in [2.75, 3.05) is 5.32 Å². The molecule has 0 spiro atoms. The number of nitrogens with zero attached hydrogens (tertiary/aromatic N) is 2. The van der Waals surface area contributed by atoms with Crippen molar-refractivity contribution < 1.29 is 4.79 Å². The van der Waals surface area contributed by atoms with E-state index in [1.807, 2.05) is 63.2 Å². The minimum absolute atomic E-state index is 0.0700. The lowest BCUT2D eigenvalue weighted by atomic mass is 10.2.